The number of ether oxygens (including phenoxy) is 1. The van der Waals surface area contributed by atoms with Gasteiger partial charge in [0.25, 0.3) is 5.91 Å². The lowest BCUT2D eigenvalue weighted by atomic mass is 10.1. The molecule has 0 aliphatic carbocycles. The number of esters is 1. The summed E-state index contributed by atoms with van der Waals surface area (Å²) < 4.78 is 4.73. The van der Waals surface area contributed by atoms with Crippen LogP contribution in [0.15, 0.2) is 42.6 Å². The summed E-state index contributed by atoms with van der Waals surface area (Å²) in [5, 5.41) is 2.73. The van der Waals surface area contributed by atoms with Gasteiger partial charge in [0.15, 0.2) is 0 Å². The van der Waals surface area contributed by atoms with Gasteiger partial charge in [-0.3, -0.25) is 4.79 Å². The van der Waals surface area contributed by atoms with Crippen molar-refractivity contribution >= 4 is 23.4 Å². The Morgan fingerprint density at radius 1 is 1.20 bits per heavy atom. The lowest BCUT2D eigenvalue weighted by Crippen LogP contribution is -2.20. The van der Waals surface area contributed by atoms with Crippen molar-refractivity contribution in [1.29, 1.82) is 0 Å². The number of methoxy groups -OCH3 is 1. The third-order valence-corrected chi connectivity index (χ3v) is 3.83. The minimum Gasteiger partial charge on any atom is -0.465 e. The van der Waals surface area contributed by atoms with Crippen LogP contribution in [0.2, 0.25) is 0 Å². The zero-order chi connectivity index (χ0) is 18.2. The topological polar surface area (TPSA) is 71.5 Å². The normalized spacial score (nSPS) is 10.2. The van der Waals surface area contributed by atoms with E-state index in [1.807, 2.05) is 13.1 Å². The second-order valence-corrected chi connectivity index (χ2v) is 5.67. The fourth-order valence-corrected chi connectivity index (χ4v) is 2.33. The van der Waals surface area contributed by atoms with Crippen molar-refractivity contribution in [2.75, 3.05) is 30.9 Å². The molecular weight excluding hydrogens is 318 g/mol. The molecule has 0 aliphatic rings. The lowest BCUT2D eigenvalue weighted by molar-refractivity contribution is 0.0602. The molecule has 2 aromatic rings. The van der Waals surface area contributed by atoms with E-state index in [0.29, 0.717) is 16.8 Å². The highest BCUT2D eigenvalue weighted by Gasteiger charge is 2.14. The van der Waals surface area contributed by atoms with Gasteiger partial charge in [-0.25, -0.2) is 9.78 Å². The van der Waals surface area contributed by atoms with Gasteiger partial charge in [-0.15, -0.1) is 0 Å². The average Bonchev–Trinajstić information content (AvgIpc) is 2.66. The van der Waals surface area contributed by atoms with E-state index >= 15 is 0 Å². The molecule has 1 aromatic heterocycles. The first kappa shape index (κ1) is 18.4. The summed E-state index contributed by atoms with van der Waals surface area (Å²) in [4.78, 5) is 30.6. The predicted molar refractivity (Wildman–Crippen MR) is 98.1 cm³/mol. The highest BCUT2D eigenvalue weighted by molar-refractivity contribution is 6.07. The Morgan fingerprint density at radius 2 is 1.96 bits per heavy atom. The molecule has 0 fully saturated rings. The number of amides is 1. The third-order valence-electron chi connectivity index (χ3n) is 3.83. The molecule has 2 rings (SSSR count). The van der Waals surface area contributed by atoms with Crippen molar-refractivity contribution in [3.8, 4) is 0 Å². The van der Waals surface area contributed by atoms with Crippen molar-refractivity contribution in [3.63, 3.8) is 0 Å². The summed E-state index contributed by atoms with van der Waals surface area (Å²) in [7, 11) is 3.28. The summed E-state index contributed by atoms with van der Waals surface area (Å²) in [5.41, 5.74) is 1.14. The number of hydrogen-bond acceptors (Lipinski definition) is 5. The summed E-state index contributed by atoms with van der Waals surface area (Å²) in [5.74, 6) is -0.00602. The molecule has 0 aliphatic heterocycles. The third kappa shape index (κ3) is 4.79. The van der Waals surface area contributed by atoms with E-state index < -0.39 is 5.97 Å². The van der Waals surface area contributed by atoms with Crippen molar-refractivity contribution in [3.05, 3.63) is 53.7 Å². The Balaban J connectivity index is 2.10. The first-order valence-electron chi connectivity index (χ1n) is 8.22. The molecule has 0 radical (unpaired) electrons. The van der Waals surface area contributed by atoms with E-state index in [-0.39, 0.29) is 5.91 Å². The maximum Gasteiger partial charge on any atom is 0.339 e. The maximum atomic E-state index is 12.4. The number of carbonyl (C=O) groups is 2. The Kier molecular flexibility index (Phi) is 6.51. The van der Waals surface area contributed by atoms with Gasteiger partial charge < -0.3 is 15.0 Å². The number of para-hydroxylation sites is 1. The quantitative estimate of drug-likeness (QED) is 0.782. The Labute approximate surface area is 147 Å². The minimum atomic E-state index is -0.498. The number of unbranched alkanes of at least 4 members (excludes halogenated alkanes) is 1. The van der Waals surface area contributed by atoms with Crippen LogP contribution in [-0.2, 0) is 4.74 Å². The largest absolute Gasteiger partial charge is 0.465 e. The van der Waals surface area contributed by atoms with Crippen molar-refractivity contribution < 1.29 is 14.3 Å². The second kappa shape index (κ2) is 8.82. The molecule has 0 bridgehead atoms. The molecule has 25 heavy (non-hydrogen) atoms. The Bertz CT molecular complexity index is 729. The van der Waals surface area contributed by atoms with E-state index in [2.05, 4.69) is 22.1 Å². The number of benzene rings is 1. The molecule has 0 spiro atoms. The smallest absolute Gasteiger partial charge is 0.339 e. The molecule has 0 atom stereocenters. The fourth-order valence-electron chi connectivity index (χ4n) is 2.33. The summed E-state index contributed by atoms with van der Waals surface area (Å²) >= 11 is 0. The van der Waals surface area contributed by atoms with E-state index in [1.54, 1.807) is 30.3 Å². The molecule has 1 aromatic carbocycles. The van der Waals surface area contributed by atoms with Crippen LogP contribution < -0.4 is 10.2 Å². The van der Waals surface area contributed by atoms with Crippen LogP contribution in [-0.4, -0.2) is 37.6 Å². The molecule has 0 saturated heterocycles. The van der Waals surface area contributed by atoms with Crippen molar-refractivity contribution in [1.82, 2.24) is 4.98 Å². The summed E-state index contributed by atoms with van der Waals surface area (Å²) in [6, 6.07) is 10.3. The lowest BCUT2D eigenvalue weighted by Gasteiger charge is -2.17. The van der Waals surface area contributed by atoms with E-state index in [0.717, 1.165) is 25.2 Å². The second-order valence-electron chi connectivity index (χ2n) is 5.67. The standard InChI is InChI=1S/C19H23N3O3/c1-4-5-12-22(2)17-11-10-14(13-20-17)18(23)21-16-9-7-6-8-15(16)19(24)25-3/h6-11,13H,4-5,12H2,1-3H3,(H,21,23). The molecule has 1 amide bonds. The van der Waals surface area contributed by atoms with Crippen LogP contribution in [0, 0.1) is 0 Å². The van der Waals surface area contributed by atoms with Gasteiger partial charge in [0.2, 0.25) is 0 Å². The van der Waals surface area contributed by atoms with Crippen LogP contribution in [0.5, 0.6) is 0 Å². The molecule has 132 valence electrons. The Morgan fingerprint density at radius 3 is 2.60 bits per heavy atom. The molecule has 0 saturated carbocycles. The van der Waals surface area contributed by atoms with Gasteiger partial charge in [0, 0.05) is 19.8 Å². The van der Waals surface area contributed by atoms with Gasteiger partial charge in [-0.2, -0.15) is 0 Å². The van der Waals surface area contributed by atoms with Gasteiger partial charge in [-0.1, -0.05) is 25.5 Å². The first-order chi connectivity index (χ1) is 12.1. The van der Waals surface area contributed by atoms with Crippen molar-refractivity contribution in [2.45, 2.75) is 19.8 Å². The van der Waals surface area contributed by atoms with Crippen LogP contribution >= 0.6 is 0 Å². The summed E-state index contributed by atoms with van der Waals surface area (Å²) in [6.45, 7) is 3.06. The number of aromatic nitrogens is 1. The molecule has 1 N–H and O–H groups in total. The van der Waals surface area contributed by atoms with Gasteiger partial charge in [-0.05, 0) is 30.7 Å². The SMILES string of the molecule is CCCCN(C)c1ccc(C(=O)Nc2ccccc2C(=O)OC)cn1. The van der Waals surface area contributed by atoms with E-state index in [9.17, 15) is 9.59 Å². The minimum absolute atomic E-state index is 0.308. The van der Waals surface area contributed by atoms with Gasteiger partial charge >= 0.3 is 5.97 Å². The maximum absolute atomic E-state index is 12.4. The number of anilines is 2. The number of nitrogens with one attached hydrogen (secondary N) is 1. The fraction of sp³-hybridized carbons (Fsp3) is 0.316. The number of carbonyl (C=O) groups excluding carboxylic acids is 2. The zero-order valence-corrected chi connectivity index (χ0v) is 14.8. The van der Waals surface area contributed by atoms with Gasteiger partial charge in [0.1, 0.15) is 5.82 Å². The number of rotatable bonds is 7. The number of pyridine rings is 1. The molecule has 6 nitrogen and oxygen atoms in total. The monoisotopic (exact) mass is 341 g/mol. The first-order valence-corrected chi connectivity index (χ1v) is 8.22. The highest BCUT2D eigenvalue weighted by atomic mass is 16.5. The molecule has 6 heteroatoms. The Hall–Kier alpha value is -2.89. The van der Waals surface area contributed by atoms with Crippen LogP contribution in [0.25, 0.3) is 0 Å². The summed E-state index contributed by atoms with van der Waals surface area (Å²) in [6.07, 6.45) is 3.74. The van der Waals surface area contributed by atoms with Crippen LogP contribution in [0.3, 0.4) is 0 Å². The highest BCUT2D eigenvalue weighted by Crippen LogP contribution is 2.18. The van der Waals surface area contributed by atoms with E-state index in [4.69, 9.17) is 4.74 Å². The number of hydrogen-bond donors (Lipinski definition) is 1. The van der Waals surface area contributed by atoms with Gasteiger partial charge in [0.05, 0.1) is 23.9 Å². The average molecular weight is 341 g/mol. The molecule has 0 unspecified atom stereocenters. The number of nitrogens with zero attached hydrogens (tertiary/aromatic N) is 2. The van der Waals surface area contributed by atoms with Crippen molar-refractivity contribution in [2.24, 2.45) is 0 Å². The van der Waals surface area contributed by atoms with Crippen LogP contribution in [0.1, 0.15) is 40.5 Å². The zero-order valence-electron chi connectivity index (χ0n) is 14.8. The van der Waals surface area contributed by atoms with E-state index in [1.165, 1.54) is 13.3 Å². The molecule has 1 heterocycles. The predicted octanol–water partition coefficient (Wildman–Crippen LogP) is 3.36. The van der Waals surface area contributed by atoms with Crippen LogP contribution in [0.4, 0.5) is 11.5 Å². The molecular formula is C19H23N3O3.